The average Bonchev–Trinajstić information content (AvgIpc) is 2.92. The minimum Gasteiger partial charge on any atom is -0.496 e. The van der Waals surface area contributed by atoms with Gasteiger partial charge in [-0.2, -0.15) is 9.97 Å². The lowest BCUT2D eigenvalue weighted by molar-refractivity contribution is 0.0987. The van der Waals surface area contributed by atoms with E-state index < -0.39 is 0 Å². The molecule has 1 aromatic carbocycles. The van der Waals surface area contributed by atoms with Crippen molar-refractivity contribution >= 4 is 22.8 Å². The summed E-state index contributed by atoms with van der Waals surface area (Å²) in [5.74, 6) is 2.07. The molecular weight excluding hydrogens is 462 g/mol. The first kappa shape index (κ1) is 26.0. The van der Waals surface area contributed by atoms with E-state index >= 15 is 0 Å². The monoisotopic (exact) mass is 497 g/mol. The molecule has 10 heteroatoms. The van der Waals surface area contributed by atoms with Gasteiger partial charge in [0, 0.05) is 45.0 Å². The fraction of sp³-hybridized carbons (Fsp3) is 0.500. The van der Waals surface area contributed by atoms with Gasteiger partial charge in [0.15, 0.2) is 5.65 Å². The number of nitrogens with zero attached hydrogens (tertiary/aromatic N) is 5. The minimum absolute atomic E-state index is 0.121. The van der Waals surface area contributed by atoms with E-state index in [4.69, 9.17) is 33.9 Å². The number of rotatable bonds is 11. The summed E-state index contributed by atoms with van der Waals surface area (Å²) in [4.78, 5) is 19.2. The van der Waals surface area contributed by atoms with Gasteiger partial charge in [-0.1, -0.05) is 0 Å². The summed E-state index contributed by atoms with van der Waals surface area (Å²) in [5.41, 5.74) is 2.94. The van der Waals surface area contributed by atoms with E-state index in [0.29, 0.717) is 62.4 Å². The van der Waals surface area contributed by atoms with Gasteiger partial charge in [0.1, 0.15) is 11.6 Å². The summed E-state index contributed by atoms with van der Waals surface area (Å²) < 4.78 is 21.7. The Bertz CT molecular complexity index is 1150. The third-order valence-corrected chi connectivity index (χ3v) is 6.33. The number of fused-ring (bicyclic) bond motifs is 1. The second kappa shape index (κ2) is 12.3. The molecule has 3 heterocycles. The van der Waals surface area contributed by atoms with Crippen LogP contribution < -0.4 is 14.5 Å². The van der Waals surface area contributed by atoms with Crippen molar-refractivity contribution in [2.75, 3.05) is 77.2 Å². The maximum absolute atomic E-state index is 9.77. The van der Waals surface area contributed by atoms with Gasteiger partial charge in [-0.15, -0.1) is 0 Å². The molecule has 0 aliphatic carbocycles. The average molecular weight is 498 g/mol. The first-order chi connectivity index (χ1) is 17.6. The molecule has 2 aromatic heterocycles. The highest BCUT2D eigenvalue weighted by molar-refractivity contribution is 5.90. The third kappa shape index (κ3) is 5.67. The molecule has 1 saturated heterocycles. The lowest BCUT2D eigenvalue weighted by atomic mass is 10.1. The van der Waals surface area contributed by atoms with Crippen molar-refractivity contribution in [3.8, 4) is 17.0 Å². The molecule has 3 aromatic rings. The molecule has 0 radical (unpaired) electrons. The lowest BCUT2D eigenvalue weighted by Crippen LogP contribution is -2.44. The quantitative estimate of drug-likeness (QED) is 0.425. The second-order valence-electron chi connectivity index (χ2n) is 8.69. The summed E-state index contributed by atoms with van der Waals surface area (Å²) in [6.45, 7) is 6.36. The first-order valence-corrected chi connectivity index (χ1v) is 12.1. The maximum Gasteiger partial charge on any atom is 0.229 e. The zero-order chi connectivity index (χ0) is 25.5. The van der Waals surface area contributed by atoms with E-state index in [1.54, 1.807) is 21.3 Å². The fourth-order valence-corrected chi connectivity index (χ4v) is 4.32. The Morgan fingerprint density at radius 1 is 1.06 bits per heavy atom. The van der Waals surface area contributed by atoms with Gasteiger partial charge in [-0.05, 0) is 37.3 Å². The molecule has 1 fully saturated rings. The molecule has 1 atom stereocenters. The predicted octanol–water partition coefficient (Wildman–Crippen LogP) is 2.52. The van der Waals surface area contributed by atoms with Crippen LogP contribution in [0.3, 0.4) is 0 Å². The Labute approximate surface area is 211 Å². The van der Waals surface area contributed by atoms with Crippen LogP contribution in [0.2, 0.25) is 0 Å². The highest BCUT2D eigenvalue weighted by atomic mass is 16.5. The van der Waals surface area contributed by atoms with Gasteiger partial charge in [-0.25, -0.2) is 4.98 Å². The molecule has 1 aliphatic heterocycles. The molecule has 1 aliphatic rings. The van der Waals surface area contributed by atoms with Crippen molar-refractivity contribution in [2.45, 2.75) is 19.6 Å². The van der Waals surface area contributed by atoms with E-state index in [1.807, 2.05) is 30.3 Å². The van der Waals surface area contributed by atoms with Crippen molar-refractivity contribution in [3.63, 3.8) is 0 Å². The SMILES string of the molecule is COCCN(CCOC)c1nc(N2CCOC[C@@H]2C)c2ccc(-c3ccc(OC)c(CO)c3)nc2n1. The molecule has 0 amide bonds. The summed E-state index contributed by atoms with van der Waals surface area (Å²) in [5, 5.41) is 10.7. The Hall–Kier alpha value is -3.05. The number of aliphatic hydroxyl groups excluding tert-OH is 1. The van der Waals surface area contributed by atoms with Gasteiger partial charge in [0.05, 0.1) is 57.3 Å². The number of hydrogen-bond donors (Lipinski definition) is 1. The molecule has 1 N–H and O–H groups in total. The number of pyridine rings is 1. The standard InChI is InChI=1S/C26H35N5O5/c1-18-17-36-14-11-31(18)25-21-6-7-22(19-5-8-23(35-4)20(15-19)16-32)27-24(21)28-26(29-25)30(9-12-33-2)10-13-34-3/h5-8,15,18,32H,9-14,16-17H2,1-4H3/t18-/m0/s1. The molecule has 10 nitrogen and oxygen atoms in total. The van der Waals surface area contributed by atoms with Crippen molar-refractivity contribution < 1.29 is 24.1 Å². The minimum atomic E-state index is -0.121. The molecular formula is C26H35N5O5. The number of methoxy groups -OCH3 is 3. The van der Waals surface area contributed by atoms with Gasteiger partial charge in [0.25, 0.3) is 0 Å². The smallest absolute Gasteiger partial charge is 0.229 e. The highest BCUT2D eigenvalue weighted by Crippen LogP contribution is 2.31. The van der Waals surface area contributed by atoms with Crippen LogP contribution in [0.15, 0.2) is 30.3 Å². The number of anilines is 2. The van der Waals surface area contributed by atoms with Gasteiger partial charge >= 0.3 is 0 Å². The van der Waals surface area contributed by atoms with Crippen molar-refractivity contribution in [2.24, 2.45) is 0 Å². The van der Waals surface area contributed by atoms with E-state index in [1.165, 1.54) is 0 Å². The molecule has 36 heavy (non-hydrogen) atoms. The predicted molar refractivity (Wildman–Crippen MR) is 139 cm³/mol. The molecule has 0 bridgehead atoms. The Morgan fingerprint density at radius 2 is 1.83 bits per heavy atom. The van der Waals surface area contributed by atoms with Crippen LogP contribution in [-0.2, 0) is 20.8 Å². The number of aliphatic hydroxyl groups is 1. The Kier molecular flexibility index (Phi) is 8.87. The van der Waals surface area contributed by atoms with E-state index in [-0.39, 0.29) is 12.6 Å². The maximum atomic E-state index is 9.77. The Morgan fingerprint density at radius 3 is 2.50 bits per heavy atom. The fourth-order valence-electron chi connectivity index (χ4n) is 4.32. The summed E-state index contributed by atoms with van der Waals surface area (Å²) in [6.07, 6.45) is 0. The lowest BCUT2D eigenvalue weighted by Gasteiger charge is -2.35. The van der Waals surface area contributed by atoms with Crippen LogP contribution in [0.1, 0.15) is 12.5 Å². The van der Waals surface area contributed by atoms with Crippen LogP contribution >= 0.6 is 0 Å². The number of morpholine rings is 1. The Balaban J connectivity index is 1.83. The largest absolute Gasteiger partial charge is 0.496 e. The summed E-state index contributed by atoms with van der Waals surface area (Å²) in [7, 11) is 4.95. The van der Waals surface area contributed by atoms with Crippen LogP contribution in [0, 0.1) is 0 Å². The molecule has 0 saturated carbocycles. The number of benzene rings is 1. The van der Waals surface area contributed by atoms with Crippen LogP contribution in [-0.4, -0.2) is 93.5 Å². The van der Waals surface area contributed by atoms with Crippen LogP contribution in [0.25, 0.3) is 22.3 Å². The molecule has 194 valence electrons. The summed E-state index contributed by atoms with van der Waals surface area (Å²) >= 11 is 0. The van der Waals surface area contributed by atoms with Gasteiger partial charge in [-0.3, -0.25) is 0 Å². The van der Waals surface area contributed by atoms with E-state index in [2.05, 4.69) is 16.7 Å². The third-order valence-electron chi connectivity index (χ3n) is 6.33. The molecule has 0 spiro atoms. The number of ether oxygens (including phenoxy) is 4. The van der Waals surface area contributed by atoms with Crippen LogP contribution in [0.5, 0.6) is 5.75 Å². The molecule has 0 unspecified atom stereocenters. The zero-order valence-corrected chi connectivity index (χ0v) is 21.4. The van der Waals surface area contributed by atoms with Gasteiger partial charge in [0.2, 0.25) is 5.95 Å². The highest BCUT2D eigenvalue weighted by Gasteiger charge is 2.25. The van der Waals surface area contributed by atoms with Crippen LogP contribution in [0.4, 0.5) is 11.8 Å². The number of hydrogen-bond acceptors (Lipinski definition) is 10. The molecule has 4 rings (SSSR count). The first-order valence-electron chi connectivity index (χ1n) is 12.1. The topological polar surface area (TPSA) is 102 Å². The van der Waals surface area contributed by atoms with Crippen molar-refractivity contribution in [1.29, 1.82) is 0 Å². The zero-order valence-electron chi connectivity index (χ0n) is 21.4. The normalized spacial score (nSPS) is 15.9. The van der Waals surface area contributed by atoms with Gasteiger partial charge < -0.3 is 33.9 Å². The van der Waals surface area contributed by atoms with Crippen molar-refractivity contribution in [1.82, 2.24) is 15.0 Å². The van der Waals surface area contributed by atoms with E-state index in [0.717, 1.165) is 29.0 Å². The van der Waals surface area contributed by atoms with E-state index in [9.17, 15) is 5.11 Å². The number of aromatic nitrogens is 3. The summed E-state index contributed by atoms with van der Waals surface area (Å²) in [6, 6.07) is 9.83. The van der Waals surface area contributed by atoms with Crippen molar-refractivity contribution in [3.05, 3.63) is 35.9 Å². The second-order valence-corrected chi connectivity index (χ2v) is 8.69.